The molecule has 2 nitrogen and oxygen atoms in total. The molecular weight excluding hydrogens is 138 g/mol. The van der Waals surface area contributed by atoms with Gasteiger partial charge in [0.1, 0.15) is 0 Å². The number of nitrogens with zero attached hydrogens (tertiary/aromatic N) is 1. The van der Waals surface area contributed by atoms with Gasteiger partial charge in [0.15, 0.2) is 5.78 Å². The van der Waals surface area contributed by atoms with Crippen molar-refractivity contribution >= 4 is 5.78 Å². The molecule has 0 unspecified atom stereocenters. The van der Waals surface area contributed by atoms with E-state index in [1.807, 2.05) is 0 Å². The topological polar surface area (TPSA) is 30.0 Å². The highest BCUT2D eigenvalue weighted by Gasteiger charge is 2.16. The van der Waals surface area contributed by atoms with E-state index in [0.717, 1.165) is 5.69 Å². The molecule has 1 heterocycles. The molecule has 0 N–H and O–H groups in total. The molecule has 11 heavy (non-hydrogen) atoms. The van der Waals surface area contributed by atoms with Crippen LogP contribution in [0.15, 0.2) is 18.3 Å². The molecule has 0 saturated heterocycles. The molecule has 0 fully saturated rings. The molecule has 0 aromatic carbocycles. The predicted octanol–water partition coefficient (Wildman–Crippen LogP) is 1.60. The Kier molecular flexibility index (Phi) is 1.04. The summed E-state index contributed by atoms with van der Waals surface area (Å²) in [5.74, 6) is -0.429. The Morgan fingerprint density at radius 2 is 2.55 bits per heavy atom. The van der Waals surface area contributed by atoms with Gasteiger partial charge in [-0.25, -0.2) is 0 Å². The van der Waals surface area contributed by atoms with Crippen molar-refractivity contribution in [2.24, 2.45) is 0 Å². The van der Waals surface area contributed by atoms with Gasteiger partial charge in [-0.3, -0.25) is 9.78 Å². The third-order valence-corrected chi connectivity index (χ3v) is 1.78. The second kappa shape index (κ2) is 2.46. The van der Waals surface area contributed by atoms with Crippen LogP contribution in [0.4, 0.5) is 0 Å². The van der Waals surface area contributed by atoms with E-state index in [1.165, 1.54) is 0 Å². The number of aromatic nitrogens is 1. The van der Waals surface area contributed by atoms with Crippen molar-refractivity contribution in [3.8, 4) is 0 Å². The standard InChI is InChI=1S/C9H9NO/c11-9-5-1-4-8-7(9)3-2-6-10-8/h2-3,6H,1,4-5H2/i5D2. The second-order valence-electron chi connectivity index (χ2n) is 2.50. The van der Waals surface area contributed by atoms with E-state index in [4.69, 9.17) is 2.74 Å². The molecule has 2 rings (SSSR count). The van der Waals surface area contributed by atoms with Gasteiger partial charge in [-0.1, -0.05) is 0 Å². The summed E-state index contributed by atoms with van der Waals surface area (Å²) in [6.45, 7) is 0. The van der Waals surface area contributed by atoms with E-state index in [9.17, 15) is 4.79 Å². The number of fused-ring (bicyclic) bond motifs is 1. The van der Waals surface area contributed by atoms with Crippen molar-refractivity contribution in [1.29, 1.82) is 0 Å². The molecule has 0 saturated carbocycles. The fourth-order valence-corrected chi connectivity index (χ4v) is 1.23. The zero-order chi connectivity index (χ0) is 9.47. The van der Waals surface area contributed by atoms with Gasteiger partial charge >= 0.3 is 0 Å². The molecule has 1 aromatic heterocycles. The SMILES string of the molecule is [2H]C1([2H])CCc2ncccc2C1=O. The van der Waals surface area contributed by atoms with Crippen LogP contribution in [-0.2, 0) is 6.42 Å². The van der Waals surface area contributed by atoms with Gasteiger partial charge < -0.3 is 0 Å². The van der Waals surface area contributed by atoms with Crippen LogP contribution in [0.3, 0.4) is 0 Å². The molecule has 0 radical (unpaired) electrons. The van der Waals surface area contributed by atoms with Gasteiger partial charge in [-0.15, -0.1) is 0 Å². The lowest BCUT2D eigenvalue weighted by atomic mass is 9.95. The van der Waals surface area contributed by atoms with Crippen LogP contribution < -0.4 is 0 Å². The summed E-state index contributed by atoms with van der Waals surface area (Å²) in [4.78, 5) is 15.6. The molecule has 0 bridgehead atoms. The number of carbonyl (C=O) groups excluding carboxylic acids is 1. The summed E-state index contributed by atoms with van der Waals surface area (Å²) < 4.78 is 14.9. The molecule has 2 heteroatoms. The lowest BCUT2D eigenvalue weighted by Gasteiger charge is -2.11. The van der Waals surface area contributed by atoms with Crippen molar-refractivity contribution in [3.63, 3.8) is 0 Å². The van der Waals surface area contributed by atoms with Crippen molar-refractivity contribution in [1.82, 2.24) is 4.98 Å². The van der Waals surface area contributed by atoms with Crippen molar-refractivity contribution < 1.29 is 7.54 Å². The minimum atomic E-state index is -1.70. The fraction of sp³-hybridized carbons (Fsp3) is 0.333. The number of rotatable bonds is 0. The number of carbonyl (C=O) groups is 1. The van der Waals surface area contributed by atoms with E-state index >= 15 is 0 Å². The van der Waals surface area contributed by atoms with E-state index in [-0.39, 0.29) is 6.42 Å². The average molecular weight is 149 g/mol. The van der Waals surface area contributed by atoms with Crippen molar-refractivity contribution in [3.05, 3.63) is 29.6 Å². The average Bonchev–Trinajstić information content (AvgIpc) is 2.13. The van der Waals surface area contributed by atoms with E-state index < -0.39 is 12.2 Å². The zero-order valence-electron chi connectivity index (χ0n) is 8.00. The largest absolute Gasteiger partial charge is 0.294 e. The number of hydrogen-bond acceptors (Lipinski definition) is 2. The summed E-state index contributed by atoms with van der Waals surface area (Å²) in [5.41, 5.74) is 1.17. The van der Waals surface area contributed by atoms with Crippen LogP contribution in [0.1, 0.15) is 31.6 Å². The van der Waals surface area contributed by atoms with Gasteiger partial charge in [-0.2, -0.15) is 0 Å². The molecule has 0 amide bonds. The third-order valence-electron chi connectivity index (χ3n) is 1.78. The highest BCUT2D eigenvalue weighted by atomic mass is 16.1. The molecular formula is C9H9NO. The van der Waals surface area contributed by atoms with Crippen LogP contribution in [-0.4, -0.2) is 10.8 Å². The summed E-state index contributed by atoms with van der Waals surface area (Å²) in [6, 6.07) is 3.31. The summed E-state index contributed by atoms with van der Waals surface area (Å²) in [7, 11) is 0. The monoisotopic (exact) mass is 149 g/mol. The van der Waals surface area contributed by atoms with E-state index in [1.54, 1.807) is 18.3 Å². The lowest BCUT2D eigenvalue weighted by molar-refractivity contribution is 0.0971. The molecule has 1 aliphatic carbocycles. The fourth-order valence-electron chi connectivity index (χ4n) is 1.23. The Morgan fingerprint density at radius 1 is 1.64 bits per heavy atom. The first-order valence-electron chi connectivity index (χ1n) is 4.60. The lowest BCUT2D eigenvalue weighted by Crippen LogP contribution is -2.11. The Balaban J connectivity index is 2.52. The molecule has 1 aromatic rings. The second-order valence-corrected chi connectivity index (χ2v) is 2.50. The maximum atomic E-state index is 11.5. The molecule has 56 valence electrons. The number of aryl methyl sites for hydroxylation is 1. The maximum absolute atomic E-state index is 11.5. The molecule has 0 atom stereocenters. The normalized spacial score (nSPS) is 23.5. The minimum absolute atomic E-state index is 0.246. The summed E-state index contributed by atoms with van der Waals surface area (Å²) >= 11 is 0. The number of pyridine rings is 1. The Hall–Kier alpha value is -1.18. The minimum Gasteiger partial charge on any atom is -0.294 e. The highest BCUT2D eigenvalue weighted by Crippen LogP contribution is 2.17. The van der Waals surface area contributed by atoms with Crippen LogP contribution in [0, 0.1) is 0 Å². The van der Waals surface area contributed by atoms with Crippen molar-refractivity contribution in [2.75, 3.05) is 0 Å². The first kappa shape index (κ1) is 4.65. The van der Waals surface area contributed by atoms with E-state index in [0.29, 0.717) is 12.0 Å². The molecule has 0 spiro atoms. The van der Waals surface area contributed by atoms with Gasteiger partial charge in [-0.05, 0) is 25.0 Å². The molecule has 0 aliphatic heterocycles. The van der Waals surface area contributed by atoms with Crippen LogP contribution in [0.2, 0.25) is 0 Å². The predicted molar refractivity (Wildman–Crippen MR) is 41.5 cm³/mol. The number of hydrogen-bond donors (Lipinski definition) is 0. The van der Waals surface area contributed by atoms with E-state index in [2.05, 4.69) is 4.98 Å². The first-order chi connectivity index (χ1) is 6.11. The molecule has 1 aliphatic rings. The van der Waals surface area contributed by atoms with Crippen LogP contribution in [0.25, 0.3) is 0 Å². The zero-order valence-corrected chi connectivity index (χ0v) is 6.00. The summed E-state index contributed by atoms with van der Waals surface area (Å²) in [6.07, 6.45) is 0.730. The maximum Gasteiger partial charge on any atom is 0.164 e. The third kappa shape index (κ3) is 1.04. The Morgan fingerprint density at radius 3 is 3.45 bits per heavy atom. The van der Waals surface area contributed by atoms with Gasteiger partial charge in [0.2, 0.25) is 0 Å². The van der Waals surface area contributed by atoms with Gasteiger partial charge in [0, 0.05) is 20.9 Å². The van der Waals surface area contributed by atoms with Gasteiger partial charge in [0.05, 0.1) is 5.69 Å². The van der Waals surface area contributed by atoms with Crippen molar-refractivity contribution in [2.45, 2.75) is 19.2 Å². The van der Waals surface area contributed by atoms with Gasteiger partial charge in [0.25, 0.3) is 0 Å². The van der Waals surface area contributed by atoms with Crippen LogP contribution >= 0.6 is 0 Å². The number of ketones is 1. The van der Waals surface area contributed by atoms with Crippen LogP contribution in [0.5, 0.6) is 0 Å². The Bertz CT molecular complexity index is 362. The quantitative estimate of drug-likeness (QED) is 0.560. The first-order valence-corrected chi connectivity index (χ1v) is 3.60. The Labute approximate surface area is 68.1 Å². The summed E-state index contributed by atoms with van der Waals surface area (Å²) in [5, 5.41) is 0. The smallest absolute Gasteiger partial charge is 0.164 e. The highest BCUT2D eigenvalue weighted by molar-refractivity contribution is 5.97. The number of Topliss-reactive ketones (excluding diaryl/α,β-unsaturated/α-hetero) is 1.